The molecule has 0 aliphatic rings. The first-order valence-electron chi connectivity index (χ1n) is 2.19. The van der Waals surface area contributed by atoms with Gasteiger partial charge in [-0.2, -0.15) is 0 Å². The molecule has 8 nitrogen and oxygen atoms in total. The Bertz CT molecular complexity index is 138. The molecule has 0 aliphatic carbocycles. The average Bonchev–Trinajstić information content (AvgIpc) is 1.50. The number of halogens is 4. The van der Waals surface area contributed by atoms with Gasteiger partial charge in [0.1, 0.15) is 0 Å². The van der Waals surface area contributed by atoms with Crippen LogP contribution in [0, 0.1) is 0 Å². The molecule has 0 spiro atoms. The fourth-order valence-electron chi connectivity index (χ4n) is 0. The molecule has 0 aliphatic heterocycles. The molecule has 0 saturated carbocycles. The van der Waals surface area contributed by atoms with Gasteiger partial charge < -0.3 is 11.0 Å². The van der Waals surface area contributed by atoms with E-state index in [1.165, 1.54) is 0 Å². The fraction of sp³-hybridized carbons (Fsp3) is 0. The van der Waals surface area contributed by atoms with Crippen molar-refractivity contribution in [1.82, 2.24) is 0 Å². The van der Waals surface area contributed by atoms with Crippen LogP contribution in [0.1, 0.15) is 0 Å². The molecule has 0 radical (unpaired) electrons. The fourth-order valence-corrected chi connectivity index (χ4v) is 0. The summed E-state index contributed by atoms with van der Waals surface area (Å²) in [6.45, 7) is 0. The van der Waals surface area contributed by atoms with E-state index < -0.39 is 9.20 Å². The molecule has 0 atom stereocenters. The molecule has 13 heteroatoms. The van der Waals surface area contributed by atoms with Crippen molar-refractivity contribution < 1.29 is 31.0 Å². The van der Waals surface area contributed by atoms with Gasteiger partial charge in [0.2, 0.25) is 0 Å². The molecular formula is C2H16Cl4CuN6O2. The van der Waals surface area contributed by atoms with Crippen molar-refractivity contribution in [3.63, 3.8) is 0 Å². The van der Waals surface area contributed by atoms with E-state index in [1.54, 1.807) is 0 Å². The summed E-state index contributed by atoms with van der Waals surface area (Å²) in [6, 6.07) is 0. The molecule has 0 aromatic heterocycles. The zero-order valence-electron chi connectivity index (χ0n) is 7.28. The number of guanidine groups is 2. The minimum absolute atomic E-state index is 0. The van der Waals surface area contributed by atoms with Crippen LogP contribution >= 0.6 is 40.4 Å². The normalized spacial score (nSPS) is 8.27. The third kappa shape index (κ3) is 107000. The van der Waals surface area contributed by atoms with Gasteiger partial charge >= 0.3 is 61.5 Å². The first-order valence-corrected chi connectivity index (χ1v) is 7.37. The topological polar surface area (TPSA) is 218 Å². The monoisotopic (exact) mass is 359 g/mol. The van der Waals surface area contributed by atoms with Crippen LogP contribution in [0.5, 0.6) is 0 Å². The molecule has 0 unspecified atom stereocenters. The van der Waals surface area contributed by atoms with E-state index in [0.717, 1.165) is 0 Å². The summed E-state index contributed by atoms with van der Waals surface area (Å²) in [4.78, 5) is 0. The number of nitrogens with two attached hydrogens (primary N) is 6. The molecule has 0 rings (SSSR count). The Hall–Kier alpha value is 0.139. The van der Waals surface area contributed by atoms with E-state index in [4.69, 9.17) is 40.4 Å². The molecule has 0 bridgehead atoms. The van der Waals surface area contributed by atoms with Crippen molar-refractivity contribution in [2.45, 2.75) is 0 Å². The van der Waals surface area contributed by atoms with Gasteiger partial charge in [-0.1, -0.05) is 0 Å². The first kappa shape index (κ1) is 29.4. The molecule has 0 aromatic carbocycles. The molecular weight excluding hydrogens is 345 g/mol. The van der Waals surface area contributed by atoms with Gasteiger partial charge in [-0.05, 0) is 0 Å². The Kier molecular flexibility index (Phi) is 32.5. The summed E-state index contributed by atoms with van der Waals surface area (Å²) >= 11 is 0. The average molecular weight is 362 g/mol. The minimum atomic E-state index is -2.24. The van der Waals surface area contributed by atoms with Gasteiger partial charge in [-0.15, -0.1) is 0 Å². The zero-order valence-corrected chi connectivity index (χ0v) is 11.2. The second-order valence-electron chi connectivity index (χ2n) is 1.26. The molecule has 15 heavy (non-hydrogen) atoms. The summed E-state index contributed by atoms with van der Waals surface area (Å²) in [5, 5.41) is 9.17. The van der Waals surface area contributed by atoms with Crippen molar-refractivity contribution in [3.05, 3.63) is 0 Å². The summed E-state index contributed by atoms with van der Waals surface area (Å²) in [5.74, 6) is -0.167. The van der Waals surface area contributed by atoms with Crippen LogP contribution in [-0.4, -0.2) is 22.9 Å². The van der Waals surface area contributed by atoms with Crippen LogP contribution < -0.4 is 33.8 Å². The van der Waals surface area contributed by atoms with E-state index in [-0.39, 0.29) is 22.9 Å². The number of hydrogen-bond donors (Lipinski definition) is 6. The van der Waals surface area contributed by atoms with E-state index in [2.05, 4.69) is 33.8 Å². The Labute approximate surface area is 106 Å². The van der Waals surface area contributed by atoms with E-state index >= 15 is 0 Å². The van der Waals surface area contributed by atoms with E-state index in [1.807, 2.05) is 0 Å². The predicted molar refractivity (Wildman–Crippen MR) is 61.3 cm³/mol. The second-order valence-corrected chi connectivity index (χ2v) is 10.6. The van der Waals surface area contributed by atoms with Gasteiger partial charge in [0, 0.05) is 0 Å². The van der Waals surface area contributed by atoms with Crippen LogP contribution in [0.2, 0.25) is 0 Å². The van der Waals surface area contributed by atoms with Crippen molar-refractivity contribution in [2.24, 2.45) is 22.9 Å². The van der Waals surface area contributed by atoms with Crippen LogP contribution in [0.15, 0.2) is 0 Å². The van der Waals surface area contributed by atoms with Crippen LogP contribution in [0.4, 0.5) is 0 Å². The Balaban J connectivity index is -0.0000000315. The van der Waals surface area contributed by atoms with Crippen molar-refractivity contribution in [2.75, 3.05) is 0 Å². The number of rotatable bonds is 0. The second kappa shape index (κ2) is 16.6. The standard InChI is InChI=1S/2CH5N3.4ClH.Cu.2H2O/c2*2-1(3)4;;;;;;;/h2*(H5,2,3,4);4*1H;;2*1H2/q;;;;;;+2;;/p-2. The summed E-state index contributed by atoms with van der Waals surface area (Å²) in [6.07, 6.45) is 0. The maximum absolute atomic E-state index is 4.90. The van der Waals surface area contributed by atoms with Crippen molar-refractivity contribution >= 4 is 52.3 Å². The van der Waals surface area contributed by atoms with E-state index in [9.17, 15) is 0 Å². The Morgan fingerprint density at radius 3 is 0.733 bits per heavy atom. The SMILES string of the molecule is NC(N)=[NH2+].NC(N)=[NH2+].O.O.[Cl][Cu-2]([Cl])([Cl])[Cl]. The first-order chi connectivity index (χ1) is 5.46. The zero-order chi connectivity index (χ0) is 11.7. The quantitative estimate of drug-likeness (QED) is 0.142. The molecule has 0 saturated heterocycles. The summed E-state index contributed by atoms with van der Waals surface area (Å²) in [5.41, 5.74) is 18.3. The molecule has 0 amide bonds. The Morgan fingerprint density at radius 2 is 0.733 bits per heavy atom. The Morgan fingerprint density at radius 1 is 0.733 bits per heavy atom. The van der Waals surface area contributed by atoms with Crippen LogP contribution in [-0.2, 0) is 9.20 Å². The molecule has 0 heterocycles. The molecule has 0 fully saturated rings. The molecule has 16 N–H and O–H groups in total. The van der Waals surface area contributed by atoms with Crippen LogP contribution in [0.3, 0.4) is 0 Å². The number of hydrogen-bond acceptors (Lipinski definition) is 0. The van der Waals surface area contributed by atoms with Gasteiger partial charge in [0.25, 0.3) is 0 Å². The van der Waals surface area contributed by atoms with Crippen molar-refractivity contribution in [1.29, 1.82) is 0 Å². The maximum atomic E-state index is 4.90. The predicted octanol–water partition coefficient (Wildman–Crippen LogP) is -4.86. The summed E-state index contributed by atoms with van der Waals surface area (Å²) < 4.78 is 0. The van der Waals surface area contributed by atoms with E-state index in [0.29, 0.717) is 0 Å². The van der Waals surface area contributed by atoms with Crippen LogP contribution in [0.25, 0.3) is 0 Å². The van der Waals surface area contributed by atoms with Crippen molar-refractivity contribution in [3.8, 4) is 0 Å². The third-order valence-corrected chi connectivity index (χ3v) is 0. The van der Waals surface area contributed by atoms with Gasteiger partial charge in [0.05, 0.1) is 0 Å². The molecule has 105 valence electrons. The molecule has 0 aromatic rings. The third-order valence-electron chi connectivity index (χ3n) is 0. The van der Waals surface area contributed by atoms with Gasteiger partial charge in [-0.25, -0.2) is 0 Å². The van der Waals surface area contributed by atoms with Gasteiger partial charge in [0.15, 0.2) is 0 Å². The van der Waals surface area contributed by atoms with Gasteiger partial charge in [-0.3, -0.25) is 33.8 Å². The summed E-state index contributed by atoms with van der Waals surface area (Å²) in [7, 11) is 17.4.